The van der Waals surface area contributed by atoms with Crippen LogP contribution in [0, 0.1) is 0 Å². The molecule has 0 saturated carbocycles. The summed E-state index contributed by atoms with van der Waals surface area (Å²) in [6.07, 6.45) is 1.90. The Morgan fingerprint density at radius 3 is 2.49 bits per heavy atom. The fraction of sp³-hybridized carbons (Fsp3) is 0.118. The first-order valence-electron chi connectivity index (χ1n) is 14.0. The van der Waals surface area contributed by atoms with Gasteiger partial charge in [-0.15, -0.1) is 5.11 Å². The van der Waals surface area contributed by atoms with E-state index < -0.39 is 5.97 Å². The van der Waals surface area contributed by atoms with Crippen LogP contribution in [0.2, 0.25) is 0 Å². The van der Waals surface area contributed by atoms with Gasteiger partial charge in [0.25, 0.3) is 6.01 Å². The van der Waals surface area contributed by atoms with Gasteiger partial charge in [0, 0.05) is 22.7 Å². The fourth-order valence-electron chi connectivity index (χ4n) is 5.45. The Bertz CT molecular complexity index is 2080. The summed E-state index contributed by atoms with van der Waals surface area (Å²) in [4.78, 5) is 25.7. The summed E-state index contributed by atoms with van der Waals surface area (Å²) in [5.74, 6) is -0.402. The SMILES string of the molecule is CCOc1nc2cccc(C(=O)O)c2n1Cc1ccc(-c2cc(-c3cnc4ccccc4c3)ccc2C2=NCN=N2)cc1. The number of carboxylic acids is 1. The zero-order valence-electron chi connectivity index (χ0n) is 23.3. The Balaban J connectivity index is 1.28. The summed E-state index contributed by atoms with van der Waals surface area (Å²) < 4.78 is 7.62. The molecule has 0 saturated heterocycles. The van der Waals surface area contributed by atoms with E-state index in [0.29, 0.717) is 42.7 Å². The summed E-state index contributed by atoms with van der Waals surface area (Å²) >= 11 is 0. The predicted molar refractivity (Wildman–Crippen MR) is 166 cm³/mol. The second kappa shape index (κ2) is 10.9. The predicted octanol–water partition coefficient (Wildman–Crippen LogP) is 7.23. The average molecular weight is 567 g/mol. The van der Waals surface area contributed by atoms with Crippen molar-refractivity contribution in [2.45, 2.75) is 13.5 Å². The Morgan fingerprint density at radius 1 is 0.884 bits per heavy atom. The number of hydrogen-bond acceptors (Lipinski definition) is 7. The maximum Gasteiger partial charge on any atom is 0.337 e. The van der Waals surface area contributed by atoms with Crippen LogP contribution < -0.4 is 4.74 Å². The lowest BCUT2D eigenvalue weighted by molar-refractivity contribution is 0.0698. The number of nitrogens with zero attached hydrogens (tertiary/aromatic N) is 6. The van der Waals surface area contributed by atoms with Gasteiger partial charge in [-0.05, 0) is 65.6 Å². The van der Waals surface area contributed by atoms with Gasteiger partial charge in [0.2, 0.25) is 0 Å². The van der Waals surface area contributed by atoms with Gasteiger partial charge in [-0.1, -0.05) is 54.6 Å². The number of aromatic carboxylic acids is 1. The molecule has 9 heteroatoms. The van der Waals surface area contributed by atoms with Crippen LogP contribution >= 0.6 is 0 Å². The number of hydrogen-bond donors (Lipinski definition) is 1. The molecule has 0 atom stereocenters. The van der Waals surface area contributed by atoms with Crippen molar-refractivity contribution in [2.75, 3.05) is 13.3 Å². The smallest absolute Gasteiger partial charge is 0.337 e. The van der Waals surface area contributed by atoms with Gasteiger partial charge >= 0.3 is 5.97 Å². The number of carbonyl (C=O) groups is 1. The van der Waals surface area contributed by atoms with E-state index in [-0.39, 0.29) is 5.56 Å². The van der Waals surface area contributed by atoms with Crippen molar-refractivity contribution < 1.29 is 14.6 Å². The summed E-state index contributed by atoms with van der Waals surface area (Å²) in [7, 11) is 0. The first-order valence-corrected chi connectivity index (χ1v) is 14.0. The number of imidazole rings is 1. The van der Waals surface area contributed by atoms with Crippen molar-refractivity contribution in [2.24, 2.45) is 15.2 Å². The number of ether oxygens (including phenoxy) is 1. The third-order valence-electron chi connectivity index (χ3n) is 7.47. The molecule has 0 fully saturated rings. The summed E-state index contributed by atoms with van der Waals surface area (Å²) in [5.41, 5.74) is 8.14. The first-order chi connectivity index (χ1) is 21.1. The second-order valence-corrected chi connectivity index (χ2v) is 10.1. The summed E-state index contributed by atoms with van der Waals surface area (Å²) in [6, 6.07) is 30.1. The van der Waals surface area contributed by atoms with E-state index in [0.717, 1.165) is 44.3 Å². The number of fused-ring (bicyclic) bond motifs is 2. The van der Waals surface area contributed by atoms with Crippen molar-refractivity contribution in [1.82, 2.24) is 14.5 Å². The lowest BCUT2D eigenvalue weighted by Crippen LogP contribution is -2.08. The minimum absolute atomic E-state index is 0.184. The molecule has 0 unspecified atom stereocenters. The lowest BCUT2D eigenvalue weighted by Gasteiger charge is -2.13. The summed E-state index contributed by atoms with van der Waals surface area (Å²) in [6.45, 7) is 3.01. The molecule has 210 valence electrons. The molecular formula is C34H26N6O3. The highest BCUT2D eigenvalue weighted by atomic mass is 16.5. The van der Waals surface area contributed by atoms with Crippen molar-refractivity contribution in [3.63, 3.8) is 0 Å². The molecule has 9 nitrogen and oxygen atoms in total. The number of pyridine rings is 1. The molecule has 7 rings (SSSR count). The highest BCUT2D eigenvalue weighted by molar-refractivity contribution is 6.06. The molecule has 1 aliphatic heterocycles. The molecule has 4 aromatic carbocycles. The quantitative estimate of drug-likeness (QED) is 0.209. The molecule has 43 heavy (non-hydrogen) atoms. The number of para-hydroxylation sites is 2. The molecule has 1 N–H and O–H groups in total. The molecule has 3 heterocycles. The molecule has 2 aromatic heterocycles. The Morgan fingerprint density at radius 2 is 1.70 bits per heavy atom. The number of carboxylic acid groups (broad SMARTS) is 1. The molecular weight excluding hydrogens is 540 g/mol. The van der Waals surface area contributed by atoms with Gasteiger partial charge in [-0.3, -0.25) is 9.55 Å². The number of aliphatic imine (C=N–C) groups is 1. The van der Waals surface area contributed by atoms with Crippen LogP contribution in [0.15, 0.2) is 112 Å². The van der Waals surface area contributed by atoms with Crippen molar-refractivity contribution in [3.8, 4) is 28.3 Å². The van der Waals surface area contributed by atoms with Gasteiger partial charge in [-0.25, -0.2) is 9.79 Å². The van der Waals surface area contributed by atoms with E-state index in [1.807, 2.05) is 54.1 Å². The van der Waals surface area contributed by atoms with Crippen LogP contribution in [-0.2, 0) is 6.54 Å². The summed E-state index contributed by atoms with van der Waals surface area (Å²) in [5, 5.41) is 19.3. The fourth-order valence-corrected chi connectivity index (χ4v) is 5.45. The van der Waals surface area contributed by atoms with Crippen LogP contribution in [0.5, 0.6) is 6.01 Å². The number of amidine groups is 1. The van der Waals surface area contributed by atoms with E-state index in [1.165, 1.54) is 0 Å². The number of aromatic nitrogens is 3. The average Bonchev–Trinajstić information content (AvgIpc) is 3.70. The van der Waals surface area contributed by atoms with E-state index in [1.54, 1.807) is 18.2 Å². The van der Waals surface area contributed by atoms with E-state index >= 15 is 0 Å². The van der Waals surface area contributed by atoms with E-state index in [9.17, 15) is 9.90 Å². The highest BCUT2D eigenvalue weighted by Gasteiger charge is 2.20. The normalized spacial score (nSPS) is 12.6. The van der Waals surface area contributed by atoms with Crippen LogP contribution in [0.4, 0.5) is 0 Å². The topological polar surface area (TPSA) is 114 Å². The zero-order chi connectivity index (χ0) is 29.3. The van der Waals surface area contributed by atoms with Gasteiger partial charge in [-0.2, -0.15) is 10.1 Å². The van der Waals surface area contributed by atoms with Gasteiger partial charge in [0.1, 0.15) is 0 Å². The van der Waals surface area contributed by atoms with Crippen molar-refractivity contribution >= 4 is 33.7 Å². The van der Waals surface area contributed by atoms with Crippen LogP contribution in [0.1, 0.15) is 28.4 Å². The third kappa shape index (κ3) is 4.91. The Hall–Kier alpha value is -5.70. The van der Waals surface area contributed by atoms with Crippen LogP contribution in [0.3, 0.4) is 0 Å². The van der Waals surface area contributed by atoms with E-state index in [4.69, 9.17) is 4.74 Å². The van der Waals surface area contributed by atoms with Crippen LogP contribution in [0.25, 0.3) is 44.2 Å². The molecule has 0 aliphatic carbocycles. The number of rotatable bonds is 8. The van der Waals surface area contributed by atoms with E-state index in [2.05, 4.69) is 61.6 Å². The maximum absolute atomic E-state index is 12.0. The first kappa shape index (κ1) is 26.2. The van der Waals surface area contributed by atoms with Crippen molar-refractivity contribution in [3.05, 3.63) is 114 Å². The molecule has 0 radical (unpaired) electrons. The molecule has 0 bridgehead atoms. The third-order valence-corrected chi connectivity index (χ3v) is 7.47. The maximum atomic E-state index is 12.0. The standard InChI is InChI=1S/C34H26N6O3/c1-2-43-34-38-30-9-5-7-27(33(41)42)31(30)40(34)19-21-10-12-22(13-11-21)28-17-23(14-15-26(28)32-36-20-37-39-32)25-16-24-6-3-4-8-29(24)35-18-25/h3-18H,2,19-20H2,1H3,(H,41,42). The number of benzene rings is 4. The highest BCUT2D eigenvalue weighted by Crippen LogP contribution is 2.33. The second-order valence-electron chi connectivity index (χ2n) is 10.1. The van der Waals surface area contributed by atoms with Gasteiger partial charge in [0.15, 0.2) is 12.5 Å². The number of azo groups is 1. The minimum atomic E-state index is -1.01. The van der Waals surface area contributed by atoms with Crippen LogP contribution in [-0.4, -0.2) is 44.7 Å². The largest absolute Gasteiger partial charge is 0.478 e. The monoisotopic (exact) mass is 566 g/mol. The minimum Gasteiger partial charge on any atom is -0.478 e. The Kier molecular flexibility index (Phi) is 6.67. The van der Waals surface area contributed by atoms with Gasteiger partial charge < -0.3 is 9.84 Å². The molecule has 1 aliphatic rings. The molecule has 0 amide bonds. The van der Waals surface area contributed by atoms with Crippen molar-refractivity contribution in [1.29, 1.82) is 0 Å². The van der Waals surface area contributed by atoms with Gasteiger partial charge in [0.05, 0.1) is 35.3 Å². The Labute approximate surface area is 246 Å². The molecule has 6 aromatic rings. The lowest BCUT2D eigenvalue weighted by atomic mass is 9.93. The molecule has 0 spiro atoms. The zero-order valence-corrected chi connectivity index (χ0v) is 23.3.